The van der Waals surface area contributed by atoms with Crippen LogP contribution in [0.2, 0.25) is 0 Å². The first-order valence-electron chi connectivity index (χ1n) is 13.3. The molecule has 2 aliphatic heterocycles. The van der Waals surface area contributed by atoms with Crippen molar-refractivity contribution in [3.05, 3.63) is 35.4 Å². The van der Waals surface area contributed by atoms with Crippen molar-refractivity contribution < 1.29 is 19.2 Å². The summed E-state index contributed by atoms with van der Waals surface area (Å²) in [7, 11) is 1.57. The summed E-state index contributed by atoms with van der Waals surface area (Å²) >= 11 is 0. The van der Waals surface area contributed by atoms with E-state index in [0.29, 0.717) is 25.9 Å². The van der Waals surface area contributed by atoms with Crippen LogP contribution in [-0.4, -0.2) is 71.8 Å². The van der Waals surface area contributed by atoms with Crippen molar-refractivity contribution in [1.82, 2.24) is 25.8 Å². The Bertz CT molecular complexity index is 1000. The van der Waals surface area contributed by atoms with Crippen LogP contribution in [0, 0.1) is 24.2 Å². The average molecular weight is 514 g/mol. The molecule has 0 aromatic heterocycles. The minimum absolute atomic E-state index is 0.155. The molecule has 2 aliphatic rings. The van der Waals surface area contributed by atoms with Crippen molar-refractivity contribution >= 4 is 23.8 Å². The molecular formula is C28H43N5O4. The highest BCUT2D eigenvalue weighted by Crippen LogP contribution is 2.37. The van der Waals surface area contributed by atoms with E-state index in [1.54, 1.807) is 16.8 Å². The molecule has 2 fully saturated rings. The molecule has 0 aliphatic carbocycles. The van der Waals surface area contributed by atoms with Crippen molar-refractivity contribution in [2.24, 2.45) is 17.3 Å². The standard InChI is InChI=1S/C28H43N5O4/c1-8-18(3)24(34)31-23(28(4,5)6)26(36)32-14-13-21-22(32)20(16-33(21)27(37)29-7)25(35)30-15-19-11-9-17(2)10-12-19/h9-12,18,20-23H,8,13-16H2,1-7H3,(H,29,37)(H,30,35)(H,31,34)/t18-,20+,21-,22-,23-/m1/s1. The van der Waals surface area contributed by atoms with Crippen LogP contribution >= 0.6 is 0 Å². The summed E-state index contributed by atoms with van der Waals surface area (Å²) in [6, 6.07) is 6.24. The maximum Gasteiger partial charge on any atom is 0.317 e. The predicted octanol–water partition coefficient (Wildman–Crippen LogP) is 2.43. The average Bonchev–Trinajstić information content (AvgIpc) is 3.45. The Labute approximate surface area is 220 Å². The molecule has 1 aromatic carbocycles. The summed E-state index contributed by atoms with van der Waals surface area (Å²) in [6.45, 7) is 12.6. The van der Waals surface area contributed by atoms with E-state index in [1.165, 1.54) is 0 Å². The molecule has 3 N–H and O–H groups in total. The molecule has 2 heterocycles. The molecule has 5 amide bonds. The highest BCUT2D eigenvalue weighted by Gasteiger charge is 2.55. The number of nitrogens with zero attached hydrogens (tertiary/aromatic N) is 2. The van der Waals surface area contributed by atoms with Crippen molar-refractivity contribution in [3.8, 4) is 0 Å². The molecular weight excluding hydrogens is 470 g/mol. The van der Waals surface area contributed by atoms with Gasteiger partial charge in [0.1, 0.15) is 6.04 Å². The molecule has 9 heteroatoms. The van der Waals surface area contributed by atoms with E-state index in [9.17, 15) is 19.2 Å². The zero-order valence-corrected chi connectivity index (χ0v) is 23.3. The Balaban J connectivity index is 1.85. The lowest BCUT2D eigenvalue weighted by atomic mass is 9.84. The van der Waals surface area contributed by atoms with Crippen molar-refractivity contribution in [3.63, 3.8) is 0 Å². The molecule has 1 aromatic rings. The zero-order chi connectivity index (χ0) is 27.5. The number of amides is 5. The summed E-state index contributed by atoms with van der Waals surface area (Å²) in [5.74, 6) is -1.31. The van der Waals surface area contributed by atoms with Crippen LogP contribution in [0.5, 0.6) is 0 Å². The number of fused-ring (bicyclic) bond motifs is 1. The van der Waals surface area contributed by atoms with E-state index < -0.39 is 23.4 Å². The number of rotatable bonds is 7. The number of hydrogen-bond acceptors (Lipinski definition) is 4. The van der Waals surface area contributed by atoms with Gasteiger partial charge in [0.2, 0.25) is 17.7 Å². The van der Waals surface area contributed by atoms with Crippen LogP contribution in [-0.2, 0) is 20.9 Å². The van der Waals surface area contributed by atoms with Crippen LogP contribution < -0.4 is 16.0 Å². The predicted molar refractivity (Wildman–Crippen MR) is 142 cm³/mol. The van der Waals surface area contributed by atoms with Gasteiger partial charge < -0.3 is 25.8 Å². The summed E-state index contributed by atoms with van der Waals surface area (Å²) in [5, 5.41) is 8.67. The van der Waals surface area contributed by atoms with Crippen LogP contribution in [0.4, 0.5) is 4.79 Å². The summed E-state index contributed by atoms with van der Waals surface area (Å²) in [6.07, 6.45) is 1.26. The van der Waals surface area contributed by atoms with E-state index in [2.05, 4.69) is 16.0 Å². The number of urea groups is 1. The number of carbonyl (C=O) groups is 4. The third-order valence-corrected chi connectivity index (χ3v) is 7.77. The highest BCUT2D eigenvalue weighted by molar-refractivity contribution is 5.91. The van der Waals surface area contributed by atoms with Gasteiger partial charge in [-0.05, 0) is 30.7 Å². The van der Waals surface area contributed by atoms with Gasteiger partial charge in [0.15, 0.2) is 0 Å². The van der Waals surface area contributed by atoms with Gasteiger partial charge >= 0.3 is 6.03 Å². The number of carbonyl (C=O) groups excluding carboxylic acids is 4. The highest BCUT2D eigenvalue weighted by atomic mass is 16.2. The van der Waals surface area contributed by atoms with E-state index in [1.807, 2.05) is 65.8 Å². The second kappa shape index (κ2) is 11.5. The van der Waals surface area contributed by atoms with Gasteiger partial charge in [0, 0.05) is 32.6 Å². The van der Waals surface area contributed by atoms with Crippen LogP contribution in [0.15, 0.2) is 24.3 Å². The Morgan fingerprint density at radius 2 is 1.73 bits per heavy atom. The molecule has 0 spiro atoms. The quantitative estimate of drug-likeness (QED) is 0.520. The normalized spacial score (nSPS) is 22.7. The number of nitrogens with one attached hydrogen (secondary N) is 3. The summed E-state index contributed by atoms with van der Waals surface area (Å²) in [5.41, 5.74) is 1.60. The largest absolute Gasteiger partial charge is 0.352 e. The van der Waals surface area contributed by atoms with Gasteiger partial charge in [-0.25, -0.2) is 4.79 Å². The van der Waals surface area contributed by atoms with E-state index >= 15 is 0 Å². The van der Waals surface area contributed by atoms with Gasteiger partial charge in [0.25, 0.3) is 0 Å². The third-order valence-electron chi connectivity index (χ3n) is 7.77. The number of likely N-dealkylation sites (tertiary alicyclic amines) is 2. The van der Waals surface area contributed by atoms with E-state index in [0.717, 1.165) is 11.1 Å². The molecule has 0 radical (unpaired) electrons. The van der Waals surface area contributed by atoms with Crippen molar-refractivity contribution in [2.45, 2.75) is 79.1 Å². The molecule has 204 valence electrons. The molecule has 0 bridgehead atoms. The van der Waals surface area contributed by atoms with Gasteiger partial charge in [-0.2, -0.15) is 0 Å². The molecule has 2 saturated heterocycles. The van der Waals surface area contributed by atoms with Crippen LogP contribution in [0.3, 0.4) is 0 Å². The van der Waals surface area contributed by atoms with Gasteiger partial charge in [-0.1, -0.05) is 64.4 Å². The lowest BCUT2D eigenvalue weighted by Gasteiger charge is -2.37. The minimum Gasteiger partial charge on any atom is -0.352 e. The molecule has 9 nitrogen and oxygen atoms in total. The van der Waals surface area contributed by atoms with Crippen LogP contribution in [0.25, 0.3) is 0 Å². The fourth-order valence-electron chi connectivity index (χ4n) is 5.26. The molecule has 0 unspecified atom stereocenters. The van der Waals surface area contributed by atoms with E-state index in [4.69, 9.17) is 0 Å². The Hall–Kier alpha value is -3.10. The topological polar surface area (TPSA) is 111 Å². The second-order valence-electron chi connectivity index (χ2n) is 11.5. The Morgan fingerprint density at radius 1 is 1.08 bits per heavy atom. The maximum atomic E-state index is 14.0. The molecule has 3 rings (SSSR count). The van der Waals surface area contributed by atoms with Gasteiger partial charge in [0.05, 0.1) is 18.0 Å². The lowest BCUT2D eigenvalue weighted by Crippen LogP contribution is -2.58. The molecule has 37 heavy (non-hydrogen) atoms. The fraction of sp³-hybridized carbons (Fsp3) is 0.643. The fourth-order valence-corrected chi connectivity index (χ4v) is 5.26. The zero-order valence-electron chi connectivity index (χ0n) is 23.3. The Kier molecular flexibility index (Phi) is 8.87. The summed E-state index contributed by atoms with van der Waals surface area (Å²) < 4.78 is 0. The molecule has 0 saturated carbocycles. The molecule has 5 atom stereocenters. The first kappa shape index (κ1) is 28.5. The second-order valence-corrected chi connectivity index (χ2v) is 11.5. The third kappa shape index (κ3) is 6.25. The SMILES string of the molecule is CC[C@@H](C)C(=O)N[C@H](C(=O)N1CC[C@@H]2[C@H]1[C@@H](C(=O)NCc1ccc(C)cc1)CN2C(=O)NC)C(C)(C)C. The number of aryl methyl sites for hydroxylation is 1. The first-order chi connectivity index (χ1) is 17.4. The summed E-state index contributed by atoms with van der Waals surface area (Å²) in [4.78, 5) is 56.3. The Morgan fingerprint density at radius 3 is 2.30 bits per heavy atom. The van der Waals surface area contributed by atoms with Gasteiger partial charge in [-0.3, -0.25) is 14.4 Å². The van der Waals surface area contributed by atoms with Crippen molar-refractivity contribution in [1.29, 1.82) is 0 Å². The number of benzene rings is 1. The minimum atomic E-state index is -0.738. The monoisotopic (exact) mass is 513 g/mol. The smallest absolute Gasteiger partial charge is 0.317 e. The van der Waals surface area contributed by atoms with Crippen molar-refractivity contribution in [2.75, 3.05) is 20.1 Å². The number of hydrogen-bond donors (Lipinski definition) is 3. The first-order valence-corrected chi connectivity index (χ1v) is 13.3. The van der Waals surface area contributed by atoms with Gasteiger partial charge in [-0.15, -0.1) is 0 Å². The van der Waals surface area contributed by atoms with Crippen LogP contribution in [0.1, 0.15) is 58.6 Å². The lowest BCUT2D eigenvalue weighted by molar-refractivity contribution is -0.142. The maximum absolute atomic E-state index is 14.0. The van der Waals surface area contributed by atoms with E-state index in [-0.39, 0.29) is 42.3 Å².